The van der Waals surface area contributed by atoms with Gasteiger partial charge in [-0.2, -0.15) is 18.4 Å². The lowest BCUT2D eigenvalue weighted by Crippen LogP contribution is -2.22. The Balaban J connectivity index is 1.66. The fourth-order valence-corrected chi connectivity index (χ4v) is 4.21. The van der Waals surface area contributed by atoms with Gasteiger partial charge in [-0.15, -0.1) is 16.4 Å². The molecule has 0 spiro atoms. The van der Waals surface area contributed by atoms with Gasteiger partial charge in [0.2, 0.25) is 0 Å². The second kappa shape index (κ2) is 7.53. The van der Waals surface area contributed by atoms with Gasteiger partial charge in [0.05, 0.1) is 21.8 Å². The van der Waals surface area contributed by atoms with Gasteiger partial charge in [-0.05, 0) is 42.6 Å². The Labute approximate surface area is 166 Å². The average Bonchev–Trinajstić information content (AvgIpc) is 3.36. The first-order valence-corrected chi connectivity index (χ1v) is 10.9. The van der Waals surface area contributed by atoms with E-state index in [4.69, 9.17) is 0 Å². The van der Waals surface area contributed by atoms with Crippen LogP contribution in [0.25, 0.3) is 11.0 Å². The molecule has 142 valence electrons. The van der Waals surface area contributed by atoms with Crippen LogP contribution in [0.2, 0.25) is 0 Å². The molecule has 0 atom stereocenters. The molecule has 1 N–H and O–H groups in total. The molecule has 0 aliphatic carbocycles. The van der Waals surface area contributed by atoms with Crippen LogP contribution in [0.3, 0.4) is 0 Å². The van der Waals surface area contributed by atoms with E-state index in [-0.39, 0.29) is 11.4 Å². The van der Waals surface area contributed by atoms with Crippen LogP contribution in [0.15, 0.2) is 76.0 Å². The second-order valence-corrected chi connectivity index (χ2v) is 8.79. The molecule has 4 rings (SSSR count). The van der Waals surface area contributed by atoms with E-state index in [0.717, 1.165) is 21.5 Å². The van der Waals surface area contributed by atoms with Crippen molar-refractivity contribution in [3.63, 3.8) is 0 Å². The van der Waals surface area contributed by atoms with E-state index in [1.807, 2.05) is 48.7 Å². The van der Waals surface area contributed by atoms with Crippen molar-refractivity contribution in [2.45, 2.75) is 18.4 Å². The summed E-state index contributed by atoms with van der Waals surface area (Å²) in [6.45, 7) is 2.19. The van der Waals surface area contributed by atoms with E-state index in [1.165, 1.54) is 11.3 Å². The predicted octanol–water partition coefficient (Wildman–Crippen LogP) is 3.18. The van der Waals surface area contributed by atoms with E-state index < -0.39 is 10.0 Å². The summed E-state index contributed by atoms with van der Waals surface area (Å²) in [5.41, 5.74) is 3.17. The summed E-state index contributed by atoms with van der Waals surface area (Å²) >= 11 is 1.48. The minimum atomic E-state index is -3.76. The number of aryl methyl sites for hydroxylation is 1. The van der Waals surface area contributed by atoms with Crippen LogP contribution in [0.5, 0.6) is 0 Å². The molecule has 0 bridgehead atoms. The average molecular weight is 412 g/mol. The van der Waals surface area contributed by atoms with Crippen LogP contribution in [-0.4, -0.2) is 29.1 Å². The zero-order valence-electron chi connectivity index (χ0n) is 15.0. The Morgan fingerprint density at radius 2 is 1.89 bits per heavy atom. The van der Waals surface area contributed by atoms with Gasteiger partial charge in [0.25, 0.3) is 10.0 Å². The number of hydrogen-bond acceptors (Lipinski definition) is 6. The normalized spacial score (nSPS) is 12.4. The molecule has 0 fully saturated rings. The zero-order chi connectivity index (χ0) is 19.6. The van der Waals surface area contributed by atoms with Gasteiger partial charge in [0, 0.05) is 0 Å². The Bertz CT molecular complexity index is 1230. The van der Waals surface area contributed by atoms with Crippen molar-refractivity contribution in [2.75, 3.05) is 0 Å². The number of hydrazone groups is 1. The molecule has 0 saturated heterocycles. The van der Waals surface area contributed by atoms with Crippen LogP contribution >= 0.6 is 11.3 Å². The Morgan fingerprint density at radius 1 is 1.11 bits per heavy atom. The molecule has 0 aliphatic rings. The predicted molar refractivity (Wildman–Crippen MR) is 110 cm³/mol. The van der Waals surface area contributed by atoms with E-state index >= 15 is 0 Å². The highest BCUT2D eigenvalue weighted by atomic mass is 32.2. The summed E-state index contributed by atoms with van der Waals surface area (Å²) in [5.74, 6) is 0. The van der Waals surface area contributed by atoms with Gasteiger partial charge in [-0.1, -0.05) is 41.1 Å². The summed E-state index contributed by atoms with van der Waals surface area (Å²) in [7, 11) is -3.76. The van der Waals surface area contributed by atoms with Crippen molar-refractivity contribution >= 4 is 38.1 Å². The van der Waals surface area contributed by atoms with Crippen LogP contribution < -0.4 is 4.83 Å². The number of fused-ring (bicyclic) bond motifs is 1. The lowest BCUT2D eigenvalue weighted by Gasteiger charge is -2.08. The molecule has 7 nitrogen and oxygen atoms in total. The maximum absolute atomic E-state index is 12.6. The van der Waals surface area contributed by atoms with Crippen LogP contribution in [0, 0.1) is 6.92 Å². The summed E-state index contributed by atoms with van der Waals surface area (Å²) in [4.78, 5) is 3.37. The van der Waals surface area contributed by atoms with Gasteiger partial charge < -0.3 is 0 Å². The topological polar surface area (TPSA) is 89.2 Å². The number of nitrogens with zero attached hydrogens (tertiary/aromatic N) is 4. The summed E-state index contributed by atoms with van der Waals surface area (Å²) in [5, 5.41) is 14.4. The van der Waals surface area contributed by atoms with Gasteiger partial charge >= 0.3 is 0 Å². The maximum Gasteiger partial charge on any atom is 0.276 e. The van der Waals surface area contributed by atoms with Crippen molar-refractivity contribution in [3.8, 4) is 0 Å². The number of hydrogen-bond donors (Lipinski definition) is 1. The lowest BCUT2D eigenvalue weighted by atomic mass is 10.2. The first-order valence-electron chi connectivity index (χ1n) is 8.50. The van der Waals surface area contributed by atoms with E-state index in [0.29, 0.717) is 5.71 Å². The first-order chi connectivity index (χ1) is 13.5. The van der Waals surface area contributed by atoms with Crippen molar-refractivity contribution in [2.24, 2.45) is 5.10 Å². The molecular weight excluding hydrogens is 394 g/mol. The zero-order valence-corrected chi connectivity index (χ0v) is 16.6. The van der Waals surface area contributed by atoms with E-state index in [1.54, 1.807) is 28.9 Å². The monoisotopic (exact) mass is 411 g/mol. The first kappa shape index (κ1) is 18.3. The molecule has 9 heteroatoms. The molecular formula is C19H17N5O2S2. The molecule has 0 amide bonds. The van der Waals surface area contributed by atoms with Gasteiger partial charge in [0.15, 0.2) is 0 Å². The number of sulfonamides is 1. The number of para-hydroxylation sites is 1. The van der Waals surface area contributed by atoms with E-state index in [2.05, 4.69) is 20.2 Å². The molecule has 2 aromatic carbocycles. The quantitative estimate of drug-likeness (QED) is 0.390. The standard InChI is InChI=1S/C19H17N5O2S2/c1-14-8-10-15(11-9-14)28(25,26)23-21-17(19-7-4-12-27-19)13-24-18-6-3-2-5-16(18)20-22-24/h2-12,23H,13H2,1H3/b21-17-. The minimum absolute atomic E-state index is 0.165. The fourth-order valence-electron chi connectivity index (χ4n) is 2.67. The Hall–Kier alpha value is -3.04. The number of aromatic nitrogens is 3. The Morgan fingerprint density at radius 3 is 2.64 bits per heavy atom. The molecule has 0 aliphatic heterocycles. The van der Waals surface area contributed by atoms with Crippen molar-refractivity contribution in [1.29, 1.82) is 0 Å². The fraction of sp³-hybridized carbons (Fsp3) is 0.105. The third-order valence-corrected chi connectivity index (χ3v) is 6.30. The van der Waals surface area contributed by atoms with Crippen molar-refractivity contribution < 1.29 is 8.42 Å². The van der Waals surface area contributed by atoms with Crippen LogP contribution in [0.1, 0.15) is 10.4 Å². The summed E-state index contributed by atoms with van der Waals surface area (Å²) < 4.78 is 26.9. The lowest BCUT2D eigenvalue weighted by molar-refractivity contribution is 0.584. The summed E-state index contributed by atoms with van der Waals surface area (Å²) in [6.07, 6.45) is 0. The van der Waals surface area contributed by atoms with Gasteiger partial charge in [0.1, 0.15) is 11.2 Å². The highest BCUT2D eigenvalue weighted by molar-refractivity contribution is 7.89. The van der Waals surface area contributed by atoms with Crippen LogP contribution in [-0.2, 0) is 16.6 Å². The third-order valence-electron chi connectivity index (χ3n) is 4.16. The van der Waals surface area contributed by atoms with Gasteiger partial charge in [-0.3, -0.25) is 0 Å². The number of benzene rings is 2. The van der Waals surface area contributed by atoms with Gasteiger partial charge in [-0.25, -0.2) is 4.68 Å². The van der Waals surface area contributed by atoms with Crippen molar-refractivity contribution in [3.05, 3.63) is 76.5 Å². The molecule has 0 saturated carbocycles. The number of rotatable bonds is 6. The Kier molecular flexibility index (Phi) is 4.93. The molecule has 2 aromatic heterocycles. The largest absolute Gasteiger partial charge is 0.276 e. The molecule has 2 heterocycles. The molecule has 0 radical (unpaired) electrons. The molecule has 0 unspecified atom stereocenters. The minimum Gasteiger partial charge on any atom is -0.239 e. The number of nitrogens with one attached hydrogen (secondary N) is 1. The second-order valence-electron chi connectivity index (χ2n) is 6.18. The van der Waals surface area contributed by atoms with Crippen LogP contribution in [0.4, 0.5) is 0 Å². The van der Waals surface area contributed by atoms with E-state index in [9.17, 15) is 8.42 Å². The molecule has 28 heavy (non-hydrogen) atoms. The SMILES string of the molecule is Cc1ccc(S(=O)(=O)N/N=C(/Cn2nnc3ccccc32)c2cccs2)cc1. The van der Waals surface area contributed by atoms with Crippen molar-refractivity contribution in [1.82, 2.24) is 19.8 Å². The number of thiophene rings is 1. The third kappa shape index (κ3) is 3.80. The summed E-state index contributed by atoms with van der Waals surface area (Å²) in [6, 6.07) is 18.0. The molecule has 4 aromatic rings. The smallest absolute Gasteiger partial charge is 0.239 e. The highest BCUT2D eigenvalue weighted by Gasteiger charge is 2.15. The highest BCUT2D eigenvalue weighted by Crippen LogP contribution is 2.16. The maximum atomic E-state index is 12.6.